The van der Waals surface area contributed by atoms with Gasteiger partial charge in [-0.2, -0.15) is 0 Å². The van der Waals surface area contributed by atoms with E-state index in [1.54, 1.807) is 0 Å². The molecule has 0 spiro atoms. The molecule has 0 saturated carbocycles. The van der Waals surface area contributed by atoms with Crippen molar-refractivity contribution in [3.63, 3.8) is 0 Å². The number of nitrogens with one attached hydrogen (secondary N) is 1. The van der Waals surface area contributed by atoms with E-state index in [1.807, 2.05) is 43.0 Å². The van der Waals surface area contributed by atoms with Gasteiger partial charge in [0.1, 0.15) is 5.75 Å². The lowest BCUT2D eigenvalue weighted by atomic mass is 10.1. The SMILES string of the molecule is CCCNC(=O)CN1CCN(C(=O)Cc2ccc(OCC)cc2)CC1. The number of hydrogen-bond donors (Lipinski definition) is 1. The molecule has 0 aromatic heterocycles. The molecule has 0 unspecified atom stereocenters. The van der Waals surface area contributed by atoms with Gasteiger partial charge in [0.25, 0.3) is 0 Å². The summed E-state index contributed by atoms with van der Waals surface area (Å²) in [4.78, 5) is 28.2. The monoisotopic (exact) mass is 347 g/mol. The topological polar surface area (TPSA) is 61.9 Å². The van der Waals surface area contributed by atoms with Crippen molar-refractivity contribution in [3.8, 4) is 5.75 Å². The first-order valence-corrected chi connectivity index (χ1v) is 9.11. The lowest BCUT2D eigenvalue weighted by Crippen LogP contribution is -2.51. The number of nitrogens with zero attached hydrogens (tertiary/aromatic N) is 2. The fourth-order valence-corrected chi connectivity index (χ4v) is 2.84. The predicted molar refractivity (Wildman–Crippen MR) is 97.6 cm³/mol. The Morgan fingerprint density at radius 3 is 2.36 bits per heavy atom. The van der Waals surface area contributed by atoms with Gasteiger partial charge in [-0.05, 0) is 31.0 Å². The van der Waals surface area contributed by atoms with Gasteiger partial charge in [-0.25, -0.2) is 0 Å². The molecule has 6 nitrogen and oxygen atoms in total. The Kier molecular flexibility index (Phi) is 7.73. The zero-order valence-electron chi connectivity index (χ0n) is 15.3. The van der Waals surface area contributed by atoms with Crippen LogP contribution in [0.15, 0.2) is 24.3 Å². The predicted octanol–water partition coefficient (Wildman–Crippen LogP) is 1.30. The number of ether oxygens (including phenoxy) is 1. The highest BCUT2D eigenvalue weighted by Gasteiger charge is 2.22. The van der Waals surface area contributed by atoms with Crippen molar-refractivity contribution in [2.75, 3.05) is 45.9 Å². The summed E-state index contributed by atoms with van der Waals surface area (Å²) in [5, 5.41) is 2.89. The van der Waals surface area contributed by atoms with Crippen molar-refractivity contribution >= 4 is 11.8 Å². The van der Waals surface area contributed by atoms with E-state index in [2.05, 4.69) is 10.2 Å². The fraction of sp³-hybridized carbons (Fsp3) is 0.579. The van der Waals surface area contributed by atoms with Crippen LogP contribution in [-0.2, 0) is 16.0 Å². The highest BCUT2D eigenvalue weighted by molar-refractivity contribution is 5.79. The minimum Gasteiger partial charge on any atom is -0.494 e. The molecule has 1 aromatic rings. The molecule has 1 heterocycles. The van der Waals surface area contributed by atoms with Gasteiger partial charge < -0.3 is 15.0 Å². The van der Waals surface area contributed by atoms with E-state index in [4.69, 9.17) is 4.74 Å². The smallest absolute Gasteiger partial charge is 0.234 e. The standard InChI is InChI=1S/C19H29N3O3/c1-3-9-20-18(23)15-21-10-12-22(13-11-21)19(24)14-16-5-7-17(8-6-16)25-4-2/h5-8H,3-4,9-15H2,1-2H3,(H,20,23). The summed E-state index contributed by atoms with van der Waals surface area (Å²) in [6.45, 7) is 8.61. The van der Waals surface area contributed by atoms with Gasteiger partial charge in [0.2, 0.25) is 11.8 Å². The number of piperazine rings is 1. The average Bonchev–Trinajstić information content (AvgIpc) is 2.62. The van der Waals surface area contributed by atoms with Gasteiger partial charge >= 0.3 is 0 Å². The molecule has 1 aliphatic heterocycles. The number of carbonyl (C=O) groups excluding carboxylic acids is 2. The minimum atomic E-state index is 0.0658. The maximum absolute atomic E-state index is 12.4. The van der Waals surface area contributed by atoms with E-state index >= 15 is 0 Å². The molecule has 0 aliphatic carbocycles. The second kappa shape index (κ2) is 10.0. The molecule has 0 bridgehead atoms. The van der Waals surface area contributed by atoms with Crippen LogP contribution in [0.4, 0.5) is 0 Å². The largest absolute Gasteiger partial charge is 0.494 e. The molecule has 1 fully saturated rings. The zero-order chi connectivity index (χ0) is 18.1. The van der Waals surface area contributed by atoms with Crippen LogP contribution in [0.25, 0.3) is 0 Å². The second-order valence-electron chi connectivity index (χ2n) is 6.26. The Morgan fingerprint density at radius 2 is 1.76 bits per heavy atom. The number of amides is 2. The fourth-order valence-electron chi connectivity index (χ4n) is 2.84. The molecule has 6 heteroatoms. The van der Waals surface area contributed by atoms with Crippen molar-refractivity contribution in [3.05, 3.63) is 29.8 Å². The highest BCUT2D eigenvalue weighted by atomic mass is 16.5. The van der Waals surface area contributed by atoms with Gasteiger partial charge in [0, 0.05) is 32.7 Å². The van der Waals surface area contributed by atoms with Crippen LogP contribution in [0, 0.1) is 0 Å². The van der Waals surface area contributed by atoms with E-state index in [1.165, 1.54) is 0 Å². The average molecular weight is 347 g/mol. The third kappa shape index (κ3) is 6.38. The maximum atomic E-state index is 12.4. The van der Waals surface area contributed by atoms with Crippen LogP contribution < -0.4 is 10.1 Å². The van der Waals surface area contributed by atoms with E-state index < -0.39 is 0 Å². The Hall–Kier alpha value is -2.08. The zero-order valence-corrected chi connectivity index (χ0v) is 15.3. The number of hydrogen-bond acceptors (Lipinski definition) is 4. The Labute approximate surface area is 150 Å². The Morgan fingerprint density at radius 1 is 1.08 bits per heavy atom. The van der Waals surface area contributed by atoms with E-state index in [0.29, 0.717) is 32.7 Å². The normalized spacial score (nSPS) is 15.0. The third-order valence-electron chi connectivity index (χ3n) is 4.25. The van der Waals surface area contributed by atoms with Gasteiger partial charge in [-0.3, -0.25) is 14.5 Å². The maximum Gasteiger partial charge on any atom is 0.234 e. The van der Waals surface area contributed by atoms with Crippen LogP contribution in [0.3, 0.4) is 0 Å². The third-order valence-corrected chi connectivity index (χ3v) is 4.25. The molecule has 1 saturated heterocycles. The number of carbonyl (C=O) groups is 2. The van der Waals surface area contributed by atoms with Crippen LogP contribution in [-0.4, -0.2) is 67.5 Å². The Balaban J connectivity index is 1.74. The van der Waals surface area contributed by atoms with E-state index in [-0.39, 0.29) is 11.8 Å². The van der Waals surface area contributed by atoms with E-state index in [9.17, 15) is 9.59 Å². The summed E-state index contributed by atoms with van der Waals surface area (Å²) >= 11 is 0. The molecule has 1 aromatic carbocycles. The van der Waals surface area contributed by atoms with Crippen LogP contribution in [0.5, 0.6) is 5.75 Å². The van der Waals surface area contributed by atoms with Crippen molar-refractivity contribution in [1.29, 1.82) is 0 Å². The first-order chi connectivity index (χ1) is 12.1. The first kappa shape index (κ1) is 19.2. The van der Waals surface area contributed by atoms with Gasteiger partial charge in [0.05, 0.1) is 19.6 Å². The van der Waals surface area contributed by atoms with Crippen LogP contribution in [0.1, 0.15) is 25.8 Å². The van der Waals surface area contributed by atoms with Crippen molar-refractivity contribution < 1.29 is 14.3 Å². The number of rotatable bonds is 8. The van der Waals surface area contributed by atoms with Crippen molar-refractivity contribution in [2.45, 2.75) is 26.7 Å². The lowest BCUT2D eigenvalue weighted by molar-refractivity contribution is -0.132. The van der Waals surface area contributed by atoms with Crippen molar-refractivity contribution in [2.24, 2.45) is 0 Å². The minimum absolute atomic E-state index is 0.0658. The van der Waals surface area contributed by atoms with Gasteiger partial charge in [-0.15, -0.1) is 0 Å². The van der Waals surface area contributed by atoms with E-state index in [0.717, 1.165) is 37.4 Å². The highest BCUT2D eigenvalue weighted by Crippen LogP contribution is 2.13. The Bertz CT molecular complexity index is 552. The summed E-state index contributed by atoms with van der Waals surface area (Å²) in [6, 6.07) is 7.69. The molecule has 2 amide bonds. The molecule has 1 aliphatic rings. The summed E-state index contributed by atoms with van der Waals surface area (Å²) in [5.74, 6) is 1.03. The molecular formula is C19H29N3O3. The second-order valence-corrected chi connectivity index (χ2v) is 6.26. The van der Waals surface area contributed by atoms with Gasteiger partial charge in [-0.1, -0.05) is 19.1 Å². The van der Waals surface area contributed by atoms with Crippen LogP contribution in [0.2, 0.25) is 0 Å². The van der Waals surface area contributed by atoms with Gasteiger partial charge in [0.15, 0.2) is 0 Å². The molecule has 1 N–H and O–H groups in total. The summed E-state index contributed by atoms with van der Waals surface area (Å²) in [5.41, 5.74) is 0.995. The van der Waals surface area contributed by atoms with Crippen molar-refractivity contribution in [1.82, 2.24) is 15.1 Å². The molecule has 2 rings (SSSR count). The summed E-state index contributed by atoms with van der Waals surface area (Å²) in [7, 11) is 0. The van der Waals surface area contributed by atoms with Crippen LogP contribution >= 0.6 is 0 Å². The lowest BCUT2D eigenvalue weighted by Gasteiger charge is -2.34. The summed E-state index contributed by atoms with van der Waals surface area (Å²) in [6.07, 6.45) is 1.35. The molecular weight excluding hydrogens is 318 g/mol. The molecule has 0 atom stereocenters. The first-order valence-electron chi connectivity index (χ1n) is 9.11. The quantitative estimate of drug-likeness (QED) is 0.770. The summed E-state index contributed by atoms with van der Waals surface area (Å²) < 4.78 is 5.42. The molecule has 0 radical (unpaired) electrons. The number of benzene rings is 1. The molecule has 25 heavy (non-hydrogen) atoms. The molecule has 138 valence electrons.